The van der Waals surface area contributed by atoms with Crippen LogP contribution in [-0.2, 0) is 11.3 Å². The van der Waals surface area contributed by atoms with Crippen molar-refractivity contribution in [2.45, 2.75) is 20.4 Å². The van der Waals surface area contributed by atoms with Crippen molar-refractivity contribution in [3.05, 3.63) is 53.8 Å². The summed E-state index contributed by atoms with van der Waals surface area (Å²) in [5.41, 5.74) is 3.02. The van der Waals surface area contributed by atoms with Crippen LogP contribution in [0.3, 0.4) is 0 Å². The second-order valence-corrected chi connectivity index (χ2v) is 9.04. The maximum Gasteiger partial charge on any atom is 0.260 e. The summed E-state index contributed by atoms with van der Waals surface area (Å²) in [5, 5.41) is 0. The number of nitrogens with zero attached hydrogens (tertiary/aromatic N) is 4. The molecule has 0 unspecified atom stereocenters. The second-order valence-electron chi connectivity index (χ2n) is 9.04. The number of carbonyl (C=O) groups is 1. The van der Waals surface area contributed by atoms with Crippen LogP contribution in [0.2, 0.25) is 0 Å². The summed E-state index contributed by atoms with van der Waals surface area (Å²) in [6.07, 6.45) is 0. The highest BCUT2D eigenvalue weighted by Crippen LogP contribution is 2.28. The number of ether oxygens (including phenoxy) is 1. The SMILES string of the molecule is CCN(CC)CCN(C)C(=O)COc1ccc(-c2ccc(F)cc2)cc1CN1CCN(C)CC1. The van der Waals surface area contributed by atoms with Crippen LogP contribution in [0, 0.1) is 5.82 Å². The summed E-state index contributed by atoms with van der Waals surface area (Å²) in [5.74, 6) is 0.459. The Balaban J connectivity index is 1.70. The molecule has 0 aromatic heterocycles. The highest BCUT2D eigenvalue weighted by molar-refractivity contribution is 5.77. The van der Waals surface area contributed by atoms with Crippen molar-refractivity contribution >= 4 is 5.91 Å². The molecular weight excluding hydrogens is 431 g/mol. The van der Waals surface area contributed by atoms with E-state index in [1.807, 2.05) is 19.2 Å². The molecule has 2 aromatic carbocycles. The minimum atomic E-state index is -0.245. The second kappa shape index (κ2) is 12.8. The molecule has 1 fully saturated rings. The van der Waals surface area contributed by atoms with E-state index in [1.54, 1.807) is 17.0 Å². The van der Waals surface area contributed by atoms with Crippen LogP contribution in [0.4, 0.5) is 4.39 Å². The molecule has 0 spiro atoms. The quantitative estimate of drug-likeness (QED) is 0.503. The lowest BCUT2D eigenvalue weighted by atomic mass is 10.0. The van der Waals surface area contributed by atoms with Crippen LogP contribution in [0.1, 0.15) is 19.4 Å². The van der Waals surface area contributed by atoms with Gasteiger partial charge in [0.25, 0.3) is 5.91 Å². The maximum absolute atomic E-state index is 13.4. The predicted octanol–water partition coefficient (Wildman–Crippen LogP) is 3.42. The highest BCUT2D eigenvalue weighted by Gasteiger charge is 2.18. The first-order chi connectivity index (χ1) is 16.4. The van der Waals surface area contributed by atoms with Crippen LogP contribution in [0.25, 0.3) is 11.1 Å². The first kappa shape index (κ1) is 26.1. The van der Waals surface area contributed by atoms with Gasteiger partial charge in [0, 0.05) is 58.4 Å². The van der Waals surface area contributed by atoms with Crippen LogP contribution >= 0.6 is 0 Å². The van der Waals surface area contributed by atoms with Gasteiger partial charge >= 0.3 is 0 Å². The van der Waals surface area contributed by atoms with Crippen LogP contribution in [0.15, 0.2) is 42.5 Å². The fourth-order valence-electron chi connectivity index (χ4n) is 4.12. The molecule has 0 N–H and O–H groups in total. The molecule has 0 saturated carbocycles. The van der Waals surface area contributed by atoms with Gasteiger partial charge in [0.2, 0.25) is 0 Å². The molecule has 1 heterocycles. The van der Waals surface area contributed by atoms with Gasteiger partial charge < -0.3 is 19.4 Å². The number of likely N-dealkylation sites (N-methyl/N-ethyl adjacent to an activating group) is 3. The Kier molecular flexibility index (Phi) is 9.86. The molecule has 186 valence electrons. The van der Waals surface area contributed by atoms with Crippen LogP contribution < -0.4 is 4.74 Å². The van der Waals surface area contributed by atoms with Crippen LogP contribution in [0.5, 0.6) is 5.75 Å². The lowest BCUT2D eigenvalue weighted by Gasteiger charge is -2.32. The fourth-order valence-corrected chi connectivity index (χ4v) is 4.12. The standard InChI is InChI=1S/C27H39FN4O2/c1-5-31(6-2)18-15-30(4)27(33)21-34-26-12-9-23(22-7-10-25(28)11-8-22)19-24(26)20-32-16-13-29(3)14-17-32/h7-12,19H,5-6,13-18,20-21H2,1-4H3. The van der Waals surface area contributed by atoms with Gasteiger partial charge in [-0.05, 0) is 55.5 Å². The first-order valence-electron chi connectivity index (χ1n) is 12.3. The van der Waals surface area contributed by atoms with E-state index in [4.69, 9.17) is 4.74 Å². The molecule has 0 radical (unpaired) electrons. The van der Waals surface area contributed by atoms with E-state index in [0.29, 0.717) is 6.54 Å². The molecule has 0 atom stereocenters. The molecule has 1 saturated heterocycles. The maximum atomic E-state index is 13.4. The summed E-state index contributed by atoms with van der Waals surface area (Å²) in [4.78, 5) is 21.5. The molecule has 7 heteroatoms. The molecular formula is C27H39FN4O2. The fraction of sp³-hybridized carbons (Fsp3) is 0.519. The summed E-state index contributed by atoms with van der Waals surface area (Å²) in [6, 6.07) is 12.6. The Bertz CT molecular complexity index is 909. The number of benzene rings is 2. The number of rotatable bonds is 11. The minimum absolute atomic E-state index is 0.0143. The van der Waals surface area contributed by atoms with E-state index >= 15 is 0 Å². The van der Waals surface area contributed by atoms with Gasteiger partial charge in [-0.2, -0.15) is 0 Å². The van der Waals surface area contributed by atoms with Gasteiger partial charge in [0.1, 0.15) is 11.6 Å². The average Bonchev–Trinajstić information content (AvgIpc) is 2.85. The zero-order valence-corrected chi connectivity index (χ0v) is 21.1. The highest BCUT2D eigenvalue weighted by atomic mass is 19.1. The Hall–Kier alpha value is -2.48. The normalized spacial score (nSPS) is 15.0. The zero-order valence-electron chi connectivity index (χ0n) is 21.1. The lowest BCUT2D eigenvalue weighted by Crippen LogP contribution is -2.44. The summed E-state index contributed by atoms with van der Waals surface area (Å²) >= 11 is 0. The number of hydrogen-bond donors (Lipinski definition) is 0. The van der Waals surface area contributed by atoms with Gasteiger partial charge in [-0.3, -0.25) is 9.69 Å². The third-order valence-corrected chi connectivity index (χ3v) is 6.65. The number of halogens is 1. The molecule has 0 bridgehead atoms. The molecule has 2 aromatic rings. The monoisotopic (exact) mass is 470 g/mol. The average molecular weight is 471 g/mol. The van der Waals surface area contributed by atoms with Crippen molar-refractivity contribution in [3.8, 4) is 16.9 Å². The van der Waals surface area contributed by atoms with E-state index in [-0.39, 0.29) is 18.3 Å². The third kappa shape index (κ3) is 7.52. The van der Waals surface area contributed by atoms with E-state index in [0.717, 1.165) is 74.8 Å². The molecule has 1 amide bonds. The van der Waals surface area contributed by atoms with Gasteiger partial charge in [0.05, 0.1) is 0 Å². The molecule has 6 nitrogen and oxygen atoms in total. The van der Waals surface area contributed by atoms with Crippen molar-refractivity contribution < 1.29 is 13.9 Å². The van der Waals surface area contributed by atoms with E-state index in [9.17, 15) is 9.18 Å². The minimum Gasteiger partial charge on any atom is -0.483 e. The summed E-state index contributed by atoms with van der Waals surface area (Å²) in [6.45, 7) is 12.6. The zero-order chi connectivity index (χ0) is 24.5. The van der Waals surface area contributed by atoms with Crippen molar-refractivity contribution in [3.63, 3.8) is 0 Å². The number of carbonyl (C=O) groups excluding carboxylic acids is 1. The molecule has 34 heavy (non-hydrogen) atoms. The van der Waals surface area contributed by atoms with Gasteiger partial charge in [-0.25, -0.2) is 4.39 Å². The Labute approximate surface area is 203 Å². The van der Waals surface area contributed by atoms with Gasteiger partial charge in [-0.15, -0.1) is 0 Å². The summed E-state index contributed by atoms with van der Waals surface area (Å²) in [7, 11) is 3.97. The predicted molar refractivity (Wildman–Crippen MR) is 136 cm³/mol. The Morgan fingerprint density at radius 1 is 0.971 bits per heavy atom. The smallest absolute Gasteiger partial charge is 0.260 e. The van der Waals surface area contributed by atoms with Gasteiger partial charge in [-0.1, -0.05) is 32.0 Å². The van der Waals surface area contributed by atoms with Crippen molar-refractivity contribution in [2.75, 3.05) is 73.1 Å². The number of hydrogen-bond acceptors (Lipinski definition) is 5. The number of piperazine rings is 1. The molecule has 0 aliphatic carbocycles. The van der Waals surface area contributed by atoms with Gasteiger partial charge in [0.15, 0.2) is 6.61 Å². The van der Waals surface area contributed by atoms with E-state index in [2.05, 4.69) is 41.7 Å². The number of amides is 1. The van der Waals surface area contributed by atoms with E-state index in [1.165, 1.54) is 12.1 Å². The molecule has 1 aliphatic rings. The van der Waals surface area contributed by atoms with E-state index < -0.39 is 0 Å². The van der Waals surface area contributed by atoms with Crippen molar-refractivity contribution in [1.29, 1.82) is 0 Å². The lowest BCUT2D eigenvalue weighted by molar-refractivity contribution is -0.132. The molecule has 1 aliphatic heterocycles. The third-order valence-electron chi connectivity index (χ3n) is 6.65. The largest absolute Gasteiger partial charge is 0.483 e. The van der Waals surface area contributed by atoms with Crippen LogP contribution in [-0.4, -0.2) is 98.6 Å². The van der Waals surface area contributed by atoms with Crippen molar-refractivity contribution in [2.24, 2.45) is 0 Å². The molecule has 3 rings (SSSR count). The first-order valence-corrected chi connectivity index (χ1v) is 12.3. The summed E-state index contributed by atoms with van der Waals surface area (Å²) < 4.78 is 19.4. The Morgan fingerprint density at radius 2 is 1.62 bits per heavy atom. The topological polar surface area (TPSA) is 39.3 Å². The Morgan fingerprint density at radius 3 is 2.26 bits per heavy atom. The van der Waals surface area contributed by atoms with Crippen molar-refractivity contribution in [1.82, 2.24) is 19.6 Å².